The molecule has 0 saturated heterocycles. The maximum atomic E-state index is 14.5. The summed E-state index contributed by atoms with van der Waals surface area (Å²) in [6, 6.07) is 0.259. The van der Waals surface area contributed by atoms with E-state index in [2.05, 4.69) is 43.2 Å². The molecule has 6 N–H and O–H groups in total. The zero-order valence-corrected chi connectivity index (χ0v) is 38.7. The number of phenolic OH excluding ortho intramolecular Hbond substituents is 3. The molecule has 5 bridgehead atoms. The Labute approximate surface area is 370 Å². The number of carbonyl (C=O) groups is 3. The second-order valence-corrected chi connectivity index (χ2v) is 17.1. The van der Waals surface area contributed by atoms with Crippen LogP contribution < -0.4 is 10.1 Å². The molecule has 3 heterocycles. The molecule has 63 heavy (non-hydrogen) atoms. The molecule has 11 atom stereocenters. The second-order valence-electron chi connectivity index (χ2n) is 17.1. The van der Waals surface area contributed by atoms with Crippen molar-refractivity contribution in [1.82, 2.24) is 4.90 Å². The summed E-state index contributed by atoms with van der Waals surface area (Å²) < 4.78 is 23.6. The lowest BCUT2D eigenvalue weighted by molar-refractivity contribution is -0.160. The third kappa shape index (κ3) is 10.3. The minimum Gasteiger partial charge on any atom is -0.507 e. The summed E-state index contributed by atoms with van der Waals surface area (Å²) >= 11 is 0. The van der Waals surface area contributed by atoms with Crippen LogP contribution in [0.5, 0.6) is 23.0 Å². The van der Waals surface area contributed by atoms with Crippen LogP contribution in [-0.4, -0.2) is 110 Å². The first-order chi connectivity index (χ1) is 29.6. The first-order valence-electron chi connectivity index (χ1n) is 21.5. The molecule has 5 rings (SSSR count). The molecule has 0 fully saturated rings. The van der Waals surface area contributed by atoms with Gasteiger partial charge in [0.05, 0.1) is 53.0 Å². The lowest BCUT2D eigenvalue weighted by Gasteiger charge is -2.38. The van der Waals surface area contributed by atoms with E-state index in [1.165, 1.54) is 53.2 Å². The Morgan fingerprint density at radius 2 is 1.57 bits per heavy atom. The number of aromatic hydroxyl groups is 3. The Bertz CT molecular complexity index is 2170. The van der Waals surface area contributed by atoms with Crippen molar-refractivity contribution in [2.75, 3.05) is 12.4 Å². The Balaban J connectivity index is 1.99. The summed E-state index contributed by atoms with van der Waals surface area (Å²) in [5, 5.41) is 69.1. The maximum Gasteiger partial charge on any atom is 0.312 e. The summed E-state index contributed by atoms with van der Waals surface area (Å²) in [5.74, 6) is -8.65. The number of methoxy groups -OCH3 is 1. The Morgan fingerprint density at radius 3 is 2.16 bits per heavy atom. The smallest absolute Gasteiger partial charge is 0.312 e. The number of Topliss-reactive ketones (excluding diaryl/α,β-unsaturated/α-hetero) is 1. The number of benzene rings is 2. The number of ketones is 1. The first-order valence-corrected chi connectivity index (χ1v) is 21.5. The van der Waals surface area contributed by atoms with Gasteiger partial charge in [0.1, 0.15) is 29.7 Å². The van der Waals surface area contributed by atoms with Crippen LogP contribution >= 0.6 is 0 Å². The largest absolute Gasteiger partial charge is 0.507 e. The molecule has 16 nitrogen and oxygen atoms in total. The van der Waals surface area contributed by atoms with Gasteiger partial charge >= 0.3 is 11.8 Å². The summed E-state index contributed by atoms with van der Waals surface area (Å²) in [6.07, 6.45) is 7.85. The van der Waals surface area contributed by atoms with Crippen molar-refractivity contribution in [2.24, 2.45) is 33.9 Å². The number of anilines is 1. The highest BCUT2D eigenvalue weighted by molar-refractivity contribution is 6.23. The van der Waals surface area contributed by atoms with Crippen molar-refractivity contribution in [3.63, 3.8) is 0 Å². The van der Waals surface area contributed by atoms with Crippen LogP contribution in [0.3, 0.4) is 0 Å². The normalized spacial score (nSPS) is 30.1. The van der Waals surface area contributed by atoms with E-state index in [9.17, 15) is 39.9 Å². The number of nitrogens with zero attached hydrogens (tertiary/aromatic N) is 3. The average molecular weight is 879 g/mol. The zero-order valence-electron chi connectivity index (χ0n) is 38.7. The van der Waals surface area contributed by atoms with Gasteiger partial charge in [-0.15, -0.1) is 5.10 Å². The summed E-state index contributed by atoms with van der Waals surface area (Å²) in [7, 11) is 1.43. The number of aliphatic hydroxyl groups excluding tert-OH is 2. The van der Waals surface area contributed by atoms with Gasteiger partial charge in [0.15, 0.2) is 5.75 Å². The van der Waals surface area contributed by atoms with Gasteiger partial charge in [0, 0.05) is 73.2 Å². The molecule has 0 aliphatic carbocycles. The van der Waals surface area contributed by atoms with Gasteiger partial charge in [-0.1, -0.05) is 59.8 Å². The molecule has 16 heteroatoms. The third-order valence-corrected chi connectivity index (χ3v) is 12.7. The molecule has 0 spiro atoms. The zero-order chi connectivity index (χ0) is 47.2. The minimum absolute atomic E-state index is 0.0350. The van der Waals surface area contributed by atoms with E-state index >= 15 is 0 Å². The number of fused-ring (bicyclic) bond motifs is 14. The van der Waals surface area contributed by atoms with Gasteiger partial charge in [0.25, 0.3) is 11.7 Å². The predicted molar refractivity (Wildman–Crippen MR) is 241 cm³/mol. The highest BCUT2D eigenvalue weighted by Crippen LogP contribution is 2.55. The number of rotatable bonds is 9. The van der Waals surface area contributed by atoms with Crippen molar-refractivity contribution in [3.05, 3.63) is 52.8 Å². The van der Waals surface area contributed by atoms with Crippen LogP contribution in [0.4, 0.5) is 5.69 Å². The number of allylic oxidation sites excluding steroid dienone is 2. The second kappa shape index (κ2) is 20.8. The van der Waals surface area contributed by atoms with Crippen molar-refractivity contribution in [3.8, 4) is 23.0 Å². The topological polar surface area (TPSA) is 229 Å². The van der Waals surface area contributed by atoms with Gasteiger partial charge in [-0.3, -0.25) is 14.4 Å². The fourth-order valence-corrected chi connectivity index (χ4v) is 8.14. The molecule has 1 amide bonds. The highest BCUT2D eigenvalue weighted by atomic mass is 16.7. The molecular weight excluding hydrogens is 813 g/mol. The Hall–Kier alpha value is -5.45. The number of nitrogens with one attached hydrogen (secondary N) is 1. The highest BCUT2D eigenvalue weighted by Gasteiger charge is 2.50. The van der Waals surface area contributed by atoms with Gasteiger partial charge in [-0.2, -0.15) is 5.10 Å². The number of phenols is 3. The SMILES string of the molecule is CCC(C)N(/C=N/N=C/c1c2c(O)c3c(O)c(C)c4c(c3c1O)C(=O)[C@@](C)(O/C=C/[C@H](OC)[C@@H](C)[C@@H](OC(C)=O)[C@@H](C)[C@@H](O)[C@H](C)[C@@H](O)[C@H](C)/C=C/C=C(/C)C(=O)N2)O4)C(C)CC. The molecule has 2 unspecified atom stereocenters. The van der Waals surface area contributed by atoms with E-state index in [0.717, 1.165) is 19.1 Å². The van der Waals surface area contributed by atoms with Crippen LogP contribution in [0, 0.1) is 30.6 Å². The summed E-state index contributed by atoms with van der Waals surface area (Å²) in [5.41, 5.74) is -0.590. The molecule has 0 aromatic heterocycles. The Morgan fingerprint density at radius 1 is 0.937 bits per heavy atom. The molecule has 3 aliphatic rings. The van der Waals surface area contributed by atoms with Crippen molar-refractivity contribution in [1.29, 1.82) is 0 Å². The summed E-state index contributed by atoms with van der Waals surface area (Å²) in [6.45, 7) is 20.7. The molecule has 346 valence electrons. The fourth-order valence-electron chi connectivity index (χ4n) is 8.14. The van der Waals surface area contributed by atoms with Crippen molar-refractivity contribution < 1.29 is 58.9 Å². The van der Waals surface area contributed by atoms with E-state index in [1.54, 1.807) is 46.2 Å². The number of hydrogen-bond acceptors (Lipinski definition) is 14. The van der Waals surface area contributed by atoms with Gasteiger partial charge in [-0.05, 0) is 46.6 Å². The first kappa shape index (κ1) is 50.2. The number of carbonyl (C=O) groups excluding carboxylic acids is 3. The minimum atomic E-state index is -2.07. The molecule has 0 saturated carbocycles. The monoisotopic (exact) mass is 878 g/mol. The third-order valence-electron chi connectivity index (χ3n) is 12.7. The van der Waals surface area contributed by atoms with Gasteiger partial charge < -0.3 is 54.7 Å². The molecular formula is C47H66N4O12. The molecule has 2 aromatic rings. The van der Waals surface area contributed by atoms with Gasteiger partial charge in [-0.25, -0.2) is 0 Å². The number of amides is 1. The van der Waals surface area contributed by atoms with Crippen LogP contribution in [0.1, 0.15) is 110 Å². The van der Waals surface area contributed by atoms with Crippen LogP contribution in [0.2, 0.25) is 0 Å². The maximum absolute atomic E-state index is 14.5. The van der Waals surface area contributed by atoms with E-state index in [-0.39, 0.29) is 56.6 Å². The number of ether oxygens (including phenoxy) is 4. The molecule has 2 aromatic carbocycles. The fraction of sp³-hybridized carbons (Fsp3) is 0.553. The van der Waals surface area contributed by atoms with Crippen LogP contribution in [-0.2, 0) is 23.8 Å². The number of hydrogen-bond donors (Lipinski definition) is 6. The quantitative estimate of drug-likeness (QED) is 0.0372. The predicted octanol–water partition coefficient (Wildman–Crippen LogP) is 7.02. The van der Waals surface area contributed by atoms with Gasteiger partial charge in [0.2, 0.25) is 0 Å². The Kier molecular flexibility index (Phi) is 16.6. The standard InChI is InChI=1S/C47H66N4O12/c1-14-25(5)51(26(6)15-2)22-49-48-21-32-37-42(57)35-34(41(32)56)36-44(30(10)40(35)55)63-47(12,45(36)58)61-20-19-33(60-13)27(7)43(62-31(11)52)29(9)39(54)28(8)38(53)23(3)17-16-18-24(4)46(59)50-37/h16-23,25-29,33,38-39,43,53-57H,14-15H2,1-13H3,(H,50,59)/b17-16+,20-19+,24-18-,48-21+,49-22+/t23-,25?,26?,27-,28-,29+,33+,38+,39+,43-,47+/m1/s1. The average Bonchev–Trinajstić information content (AvgIpc) is 3.52. The number of esters is 1. The van der Waals surface area contributed by atoms with Crippen LogP contribution in [0.15, 0.2) is 46.3 Å². The molecule has 0 radical (unpaired) electrons. The van der Waals surface area contributed by atoms with E-state index < -0.39 is 88.8 Å². The van der Waals surface area contributed by atoms with E-state index in [1.807, 2.05) is 4.90 Å². The number of aliphatic hydroxyl groups is 2. The van der Waals surface area contributed by atoms with E-state index in [0.29, 0.717) is 0 Å². The van der Waals surface area contributed by atoms with Crippen molar-refractivity contribution >= 4 is 46.7 Å². The lowest BCUT2D eigenvalue weighted by atomic mass is 9.78. The lowest BCUT2D eigenvalue weighted by Crippen LogP contribution is -2.46. The summed E-state index contributed by atoms with van der Waals surface area (Å²) in [4.78, 5) is 42.7. The molecule has 3 aliphatic heterocycles. The van der Waals surface area contributed by atoms with E-state index in [4.69, 9.17) is 18.9 Å². The van der Waals surface area contributed by atoms with Crippen LogP contribution in [0.25, 0.3) is 10.8 Å². The van der Waals surface area contributed by atoms with Crippen molar-refractivity contribution in [2.45, 2.75) is 138 Å².